The fourth-order valence-electron chi connectivity index (χ4n) is 3.22. The van der Waals surface area contributed by atoms with Crippen LogP contribution in [-0.4, -0.2) is 54.2 Å². The number of nitrogens with one attached hydrogen (secondary N) is 1. The van der Waals surface area contributed by atoms with Gasteiger partial charge in [-0.15, -0.1) is 11.8 Å². The van der Waals surface area contributed by atoms with E-state index in [4.69, 9.17) is 11.6 Å². The summed E-state index contributed by atoms with van der Waals surface area (Å²) < 4.78 is 0. The standard InChI is InChI=1S/C22H28ClN3OS/c1-17(28-21-9-4-3-8-20(21)23)22(27)24-15-18-6-5-7-19(14-18)16-26-12-10-25(2)11-13-26/h3-9,14,17H,10-13,15-16H2,1-2H3,(H,24,27). The number of hydrogen-bond donors (Lipinski definition) is 1. The van der Waals surface area contributed by atoms with E-state index in [1.54, 1.807) is 0 Å². The van der Waals surface area contributed by atoms with Crippen LogP contribution in [0.15, 0.2) is 53.4 Å². The summed E-state index contributed by atoms with van der Waals surface area (Å²) in [4.78, 5) is 18.3. The first-order valence-corrected chi connectivity index (χ1v) is 10.9. The van der Waals surface area contributed by atoms with Gasteiger partial charge in [0.2, 0.25) is 5.91 Å². The van der Waals surface area contributed by atoms with Crippen molar-refractivity contribution in [2.45, 2.75) is 30.2 Å². The molecule has 2 aromatic carbocycles. The molecule has 6 heteroatoms. The second-order valence-electron chi connectivity index (χ2n) is 7.31. The Kier molecular flexibility index (Phi) is 7.80. The van der Waals surface area contributed by atoms with Crippen LogP contribution in [0.2, 0.25) is 5.02 Å². The SMILES string of the molecule is CC(Sc1ccccc1Cl)C(=O)NCc1cccc(CN2CCN(C)CC2)c1. The summed E-state index contributed by atoms with van der Waals surface area (Å²) in [5.41, 5.74) is 2.43. The molecule has 0 bridgehead atoms. The topological polar surface area (TPSA) is 35.6 Å². The minimum absolute atomic E-state index is 0.0226. The fraction of sp³-hybridized carbons (Fsp3) is 0.409. The molecule has 1 aliphatic heterocycles. The molecule has 150 valence electrons. The minimum Gasteiger partial charge on any atom is -0.351 e. The largest absolute Gasteiger partial charge is 0.351 e. The van der Waals surface area contributed by atoms with E-state index in [2.05, 4.69) is 46.4 Å². The van der Waals surface area contributed by atoms with Crippen LogP contribution in [0.5, 0.6) is 0 Å². The Hall–Kier alpha value is -1.53. The lowest BCUT2D eigenvalue weighted by molar-refractivity contribution is -0.120. The van der Waals surface area contributed by atoms with Gasteiger partial charge in [-0.05, 0) is 37.2 Å². The highest BCUT2D eigenvalue weighted by Gasteiger charge is 2.16. The maximum atomic E-state index is 12.5. The van der Waals surface area contributed by atoms with E-state index in [-0.39, 0.29) is 11.2 Å². The monoisotopic (exact) mass is 417 g/mol. The lowest BCUT2D eigenvalue weighted by Crippen LogP contribution is -2.43. The quantitative estimate of drug-likeness (QED) is 0.693. The van der Waals surface area contributed by atoms with Crippen LogP contribution in [0.4, 0.5) is 0 Å². The van der Waals surface area contributed by atoms with Crippen LogP contribution < -0.4 is 5.32 Å². The van der Waals surface area contributed by atoms with Gasteiger partial charge in [-0.2, -0.15) is 0 Å². The van der Waals surface area contributed by atoms with Gasteiger partial charge in [-0.3, -0.25) is 9.69 Å². The van der Waals surface area contributed by atoms with Gasteiger partial charge in [-0.25, -0.2) is 0 Å². The fourth-order valence-corrected chi connectivity index (χ4v) is 4.40. The average molecular weight is 418 g/mol. The normalized spacial score (nSPS) is 16.7. The van der Waals surface area contributed by atoms with Crippen molar-refractivity contribution in [3.8, 4) is 0 Å². The molecule has 0 aromatic heterocycles. The smallest absolute Gasteiger partial charge is 0.233 e. The Morgan fingerprint density at radius 2 is 1.82 bits per heavy atom. The summed E-state index contributed by atoms with van der Waals surface area (Å²) in [5.74, 6) is 0.0226. The number of carbonyl (C=O) groups excluding carboxylic acids is 1. The summed E-state index contributed by atoms with van der Waals surface area (Å²) >= 11 is 7.68. The van der Waals surface area contributed by atoms with Crippen LogP contribution in [0, 0.1) is 0 Å². The van der Waals surface area contributed by atoms with Crippen LogP contribution in [0.25, 0.3) is 0 Å². The van der Waals surface area contributed by atoms with E-state index < -0.39 is 0 Å². The van der Waals surface area contributed by atoms with Gasteiger partial charge >= 0.3 is 0 Å². The molecule has 2 aromatic rings. The molecule has 4 nitrogen and oxygen atoms in total. The number of amides is 1. The molecule has 1 saturated heterocycles. The summed E-state index contributed by atoms with van der Waals surface area (Å²) in [6, 6.07) is 16.1. The highest BCUT2D eigenvalue weighted by Crippen LogP contribution is 2.30. The van der Waals surface area contributed by atoms with Gasteiger partial charge in [0, 0.05) is 44.2 Å². The average Bonchev–Trinajstić information content (AvgIpc) is 2.70. The molecule has 1 heterocycles. The van der Waals surface area contributed by atoms with E-state index >= 15 is 0 Å². The Morgan fingerprint density at radius 1 is 1.11 bits per heavy atom. The van der Waals surface area contributed by atoms with Gasteiger partial charge < -0.3 is 10.2 Å². The van der Waals surface area contributed by atoms with Crippen molar-refractivity contribution in [1.29, 1.82) is 0 Å². The minimum atomic E-state index is -0.201. The van der Waals surface area contributed by atoms with Crippen LogP contribution >= 0.6 is 23.4 Å². The zero-order valence-corrected chi connectivity index (χ0v) is 18.1. The zero-order chi connectivity index (χ0) is 19.9. The van der Waals surface area contributed by atoms with Gasteiger partial charge in [0.05, 0.1) is 10.3 Å². The first-order valence-electron chi connectivity index (χ1n) is 9.69. The number of piperazine rings is 1. The lowest BCUT2D eigenvalue weighted by atomic mass is 10.1. The van der Waals surface area contributed by atoms with E-state index in [1.807, 2.05) is 31.2 Å². The first-order chi connectivity index (χ1) is 13.5. The van der Waals surface area contributed by atoms with Crippen molar-refractivity contribution >= 4 is 29.3 Å². The summed E-state index contributed by atoms with van der Waals surface area (Å²) in [7, 11) is 2.17. The summed E-state index contributed by atoms with van der Waals surface area (Å²) in [6.45, 7) is 7.88. The van der Waals surface area contributed by atoms with E-state index in [1.165, 1.54) is 17.3 Å². The number of thioether (sulfide) groups is 1. The van der Waals surface area contributed by atoms with Gasteiger partial charge in [-0.1, -0.05) is 48.0 Å². The maximum absolute atomic E-state index is 12.5. The molecule has 3 rings (SSSR count). The molecule has 1 fully saturated rings. The Labute approximate surface area is 177 Å². The molecule has 1 unspecified atom stereocenters. The Balaban J connectivity index is 1.50. The highest BCUT2D eigenvalue weighted by atomic mass is 35.5. The number of hydrogen-bond acceptors (Lipinski definition) is 4. The van der Waals surface area contributed by atoms with Crippen molar-refractivity contribution in [3.05, 3.63) is 64.7 Å². The van der Waals surface area contributed by atoms with Crippen LogP contribution in [-0.2, 0) is 17.9 Å². The molecule has 0 aliphatic carbocycles. The molecule has 28 heavy (non-hydrogen) atoms. The van der Waals surface area contributed by atoms with Crippen LogP contribution in [0.1, 0.15) is 18.1 Å². The summed E-state index contributed by atoms with van der Waals surface area (Å²) in [6.07, 6.45) is 0. The zero-order valence-electron chi connectivity index (χ0n) is 16.5. The summed E-state index contributed by atoms with van der Waals surface area (Å²) in [5, 5.41) is 3.54. The number of benzene rings is 2. The van der Waals surface area contributed by atoms with Crippen molar-refractivity contribution in [3.63, 3.8) is 0 Å². The number of carbonyl (C=O) groups is 1. The lowest BCUT2D eigenvalue weighted by Gasteiger charge is -2.32. The first kappa shape index (κ1) is 21.2. The third-order valence-corrected chi connectivity index (χ3v) is 6.59. The molecule has 0 spiro atoms. The van der Waals surface area contributed by atoms with E-state index in [0.29, 0.717) is 11.6 Å². The van der Waals surface area contributed by atoms with Crippen molar-refractivity contribution in [2.24, 2.45) is 0 Å². The van der Waals surface area contributed by atoms with Gasteiger partial charge in [0.15, 0.2) is 0 Å². The highest BCUT2D eigenvalue weighted by molar-refractivity contribution is 8.00. The molecular formula is C22H28ClN3OS. The second-order valence-corrected chi connectivity index (χ2v) is 9.10. The second kappa shape index (κ2) is 10.3. The van der Waals surface area contributed by atoms with Crippen LogP contribution in [0.3, 0.4) is 0 Å². The van der Waals surface area contributed by atoms with Crippen molar-refractivity contribution < 1.29 is 4.79 Å². The Morgan fingerprint density at radius 3 is 2.57 bits per heavy atom. The number of likely N-dealkylation sites (N-methyl/N-ethyl adjacent to an activating group) is 1. The molecule has 0 saturated carbocycles. The third kappa shape index (κ3) is 6.24. The predicted molar refractivity (Wildman–Crippen MR) is 118 cm³/mol. The molecule has 1 aliphatic rings. The van der Waals surface area contributed by atoms with Crippen molar-refractivity contribution in [2.75, 3.05) is 33.2 Å². The third-order valence-electron chi connectivity index (χ3n) is 4.97. The maximum Gasteiger partial charge on any atom is 0.233 e. The Bertz CT molecular complexity index is 793. The molecule has 1 N–H and O–H groups in total. The predicted octanol–water partition coefficient (Wildman–Crippen LogP) is 3.88. The number of halogens is 1. The molecule has 1 atom stereocenters. The number of rotatable bonds is 7. The van der Waals surface area contributed by atoms with Crippen molar-refractivity contribution in [1.82, 2.24) is 15.1 Å². The van der Waals surface area contributed by atoms with E-state index in [0.717, 1.165) is 43.2 Å². The van der Waals surface area contributed by atoms with Gasteiger partial charge in [0.1, 0.15) is 0 Å². The molecule has 1 amide bonds. The molecular weight excluding hydrogens is 390 g/mol. The number of nitrogens with zero attached hydrogens (tertiary/aromatic N) is 2. The molecule has 0 radical (unpaired) electrons. The van der Waals surface area contributed by atoms with Gasteiger partial charge in [0.25, 0.3) is 0 Å². The van der Waals surface area contributed by atoms with E-state index in [9.17, 15) is 4.79 Å².